The number of nitrogens with zero attached hydrogens (tertiary/aromatic N) is 5. The summed E-state index contributed by atoms with van der Waals surface area (Å²) >= 11 is 0. The van der Waals surface area contributed by atoms with E-state index in [9.17, 15) is 4.79 Å². The standard InChI is InChI=1S/C18H15N7O/c1-10-5-17(26)24(2)15-6-11(3-4-13(10)15)22-16-7-14(20)18-21-9-12(8-19)25(18)23-16/h3-7,9H,20H2,1-2H3,(H,22,23). The number of aryl methyl sites for hydroxylation is 2. The Morgan fingerprint density at radius 3 is 2.85 bits per heavy atom. The Labute approximate surface area is 148 Å². The van der Waals surface area contributed by atoms with E-state index in [1.807, 2.05) is 31.2 Å². The number of nitriles is 1. The van der Waals surface area contributed by atoms with Gasteiger partial charge in [0.2, 0.25) is 0 Å². The molecule has 4 rings (SSSR count). The van der Waals surface area contributed by atoms with Gasteiger partial charge >= 0.3 is 0 Å². The quantitative estimate of drug-likeness (QED) is 0.575. The van der Waals surface area contributed by atoms with Crippen molar-refractivity contribution < 1.29 is 0 Å². The number of nitrogen functional groups attached to an aromatic ring is 1. The predicted molar refractivity (Wildman–Crippen MR) is 99.3 cm³/mol. The summed E-state index contributed by atoms with van der Waals surface area (Å²) in [5.41, 5.74) is 9.59. The van der Waals surface area contributed by atoms with Gasteiger partial charge in [0.05, 0.1) is 17.4 Å². The maximum absolute atomic E-state index is 12.0. The summed E-state index contributed by atoms with van der Waals surface area (Å²) in [4.78, 5) is 16.1. The minimum atomic E-state index is -0.0620. The first-order chi connectivity index (χ1) is 12.5. The molecule has 0 aliphatic carbocycles. The number of nitrogens with two attached hydrogens (primary N) is 1. The number of nitrogens with one attached hydrogen (secondary N) is 1. The Bertz CT molecular complexity index is 1280. The van der Waals surface area contributed by atoms with E-state index in [4.69, 9.17) is 11.0 Å². The molecule has 8 heteroatoms. The lowest BCUT2D eigenvalue weighted by molar-refractivity contribution is 0.903. The Balaban J connectivity index is 1.83. The summed E-state index contributed by atoms with van der Waals surface area (Å²) in [7, 11) is 1.74. The number of benzene rings is 1. The first-order valence-electron chi connectivity index (χ1n) is 7.89. The number of rotatable bonds is 2. The lowest BCUT2D eigenvalue weighted by Gasteiger charge is -2.11. The van der Waals surface area contributed by atoms with E-state index in [1.165, 1.54) is 10.7 Å². The first kappa shape index (κ1) is 15.7. The minimum absolute atomic E-state index is 0.0620. The van der Waals surface area contributed by atoms with Gasteiger partial charge < -0.3 is 15.6 Å². The van der Waals surface area contributed by atoms with Crippen molar-refractivity contribution in [3.63, 3.8) is 0 Å². The number of aromatic nitrogens is 4. The van der Waals surface area contributed by atoms with Crippen molar-refractivity contribution in [1.82, 2.24) is 19.2 Å². The molecule has 128 valence electrons. The number of fused-ring (bicyclic) bond motifs is 2. The monoisotopic (exact) mass is 345 g/mol. The highest BCUT2D eigenvalue weighted by Gasteiger charge is 2.10. The first-order valence-corrected chi connectivity index (χ1v) is 7.89. The molecule has 3 aromatic heterocycles. The van der Waals surface area contributed by atoms with Crippen molar-refractivity contribution in [2.24, 2.45) is 7.05 Å². The van der Waals surface area contributed by atoms with E-state index in [0.717, 1.165) is 22.2 Å². The van der Waals surface area contributed by atoms with Gasteiger partial charge in [0.15, 0.2) is 17.2 Å². The second-order valence-electron chi connectivity index (χ2n) is 6.06. The average molecular weight is 345 g/mol. The molecule has 0 spiro atoms. The van der Waals surface area contributed by atoms with Gasteiger partial charge in [-0.15, -0.1) is 5.10 Å². The molecule has 0 saturated heterocycles. The van der Waals surface area contributed by atoms with E-state index < -0.39 is 0 Å². The fourth-order valence-corrected chi connectivity index (χ4v) is 2.98. The third kappa shape index (κ3) is 2.34. The summed E-state index contributed by atoms with van der Waals surface area (Å²) in [6, 6.07) is 11.0. The molecule has 0 bridgehead atoms. The third-order valence-corrected chi connectivity index (χ3v) is 4.34. The Hall–Kier alpha value is -3.86. The molecule has 0 saturated carbocycles. The Kier molecular flexibility index (Phi) is 3.37. The molecule has 0 fully saturated rings. The highest BCUT2D eigenvalue weighted by Crippen LogP contribution is 2.24. The molecule has 0 radical (unpaired) electrons. The SMILES string of the molecule is Cc1cc(=O)n(C)c2cc(Nc3cc(N)c4ncc(C#N)n4n3)ccc12. The second kappa shape index (κ2) is 5.60. The summed E-state index contributed by atoms with van der Waals surface area (Å²) in [6.45, 7) is 1.91. The van der Waals surface area contributed by atoms with E-state index in [0.29, 0.717) is 22.8 Å². The van der Waals surface area contributed by atoms with E-state index >= 15 is 0 Å². The van der Waals surface area contributed by atoms with Crippen molar-refractivity contribution in [2.75, 3.05) is 11.1 Å². The summed E-state index contributed by atoms with van der Waals surface area (Å²) in [5.74, 6) is 0.474. The Morgan fingerprint density at radius 2 is 2.08 bits per heavy atom. The van der Waals surface area contributed by atoms with Gasteiger partial charge in [-0.25, -0.2) is 4.98 Å². The van der Waals surface area contributed by atoms with Gasteiger partial charge in [-0.3, -0.25) is 4.79 Å². The van der Waals surface area contributed by atoms with Crippen LogP contribution in [-0.2, 0) is 7.05 Å². The molecule has 3 N–H and O–H groups in total. The van der Waals surface area contributed by atoms with Gasteiger partial charge in [-0.1, -0.05) is 6.07 Å². The van der Waals surface area contributed by atoms with Crippen molar-refractivity contribution in [3.8, 4) is 6.07 Å². The smallest absolute Gasteiger partial charge is 0.251 e. The van der Waals surface area contributed by atoms with Crippen LogP contribution in [0.5, 0.6) is 0 Å². The number of anilines is 3. The van der Waals surface area contributed by atoms with Crippen LogP contribution in [0.1, 0.15) is 11.3 Å². The van der Waals surface area contributed by atoms with E-state index in [2.05, 4.69) is 15.4 Å². The van der Waals surface area contributed by atoms with Crippen molar-refractivity contribution in [2.45, 2.75) is 6.92 Å². The van der Waals surface area contributed by atoms with Crippen molar-refractivity contribution in [1.29, 1.82) is 5.26 Å². The van der Waals surface area contributed by atoms with Gasteiger partial charge in [0, 0.05) is 30.3 Å². The molecule has 0 unspecified atom stereocenters. The van der Waals surface area contributed by atoms with E-state index in [1.54, 1.807) is 23.7 Å². The molecule has 0 amide bonds. The molecule has 0 aliphatic heterocycles. The lowest BCUT2D eigenvalue weighted by Crippen LogP contribution is -2.16. The molecule has 3 heterocycles. The maximum Gasteiger partial charge on any atom is 0.251 e. The number of imidazole rings is 1. The van der Waals surface area contributed by atoms with Crippen molar-refractivity contribution in [3.05, 3.63) is 58.1 Å². The zero-order chi connectivity index (χ0) is 18.4. The second-order valence-corrected chi connectivity index (χ2v) is 6.06. The zero-order valence-electron chi connectivity index (χ0n) is 14.2. The van der Waals surface area contributed by atoms with Gasteiger partial charge in [0.1, 0.15) is 6.07 Å². The van der Waals surface area contributed by atoms with Crippen LogP contribution in [0, 0.1) is 18.3 Å². The summed E-state index contributed by atoms with van der Waals surface area (Å²) < 4.78 is 3.00. The number of hydrogen-bond acceptors (Lipinski definition) is 6. The van der Waals surface area contributed by atoms with Crippen LogP contribution in [-0.4, -0.2) is 19.2 Å². The van der Waals surface area contributed by atoms with Crippen LogP contribution >= 0.6 is 0 Å². The molecular formula is C18H15N7O. The average Bonchev–Trinajstić information content (AvgIpc) is 3.03. The summed E-state index contributed by atoms with van der Waals surface area (Å²) in [5, 5.41) is 17.7. The molecule has 26 heavy (non-hydrogen) atoms. The maximum atomic E-state index is 12.0. The molecule has 0 atom stereocenters. The van der Waals surface area contributed by atoms with Crippen LogP contribution in [0.15, 0.2) is 41.3 Å². The number of pyridine rings is 1. The fraction of sp³-hybridized carbons (Fsp3) is 0.111. The molecule has 0 aliphatic rings. The minimum Gasteiger partial charge on any atom is -0.396 e. The highest BCUT2D eigenvalue weighted by molar-refractivity contribution is 5.86. The van der Waals surface area contributed by atoms with Gasteiger partial charge in [-0.2, -0.15) is 9.78 Å². The zero-order valence-corrected chi connectivity index (χ0v) is 14.2. The van der Waals surface area contributed by atoms with Crippen LogP contribution < -0.4 is 16.6 Å². The van der Waals surface area contributed by atoms with Crippen molar-refractivity contribution >= 4 is 33.7 Å². The molecular weight excluding hydrogens is 330 g/mol. The normalized spacial score (nSPS) is 11.0. The van der Waals surface area contributed by atoms with Crippen LogP contribution in [0.25, 0.3) is 16.6 Å². The van der Waals surface area contributed by atoms with Crippen LogP contribution in [0.4, 0.5) is 17.2 Å². The molecule has 4 aromatic rings. The van der Waals surface area contributed by atoms with Crippen LogP contribution in [0.3, 0.4) is 0 Å². The van der Waals surface area contributed by atoms with Crippen LogP contribution in [0.2, 0.25) is 0 Å². The highest BCUT2D eigenvalue weighted by atomic mass is 16.1. The topological polar surface area (TPSA) is 114 Å². The van der Waals surface area contributed by atoms with Gasteiger partial charge in [0.25, 0.3) is 5.56 Å². The Morgan fingerprint density at radius 1 is 1.27 bits per heavy atom. The fourth-order valence-electron chi connectivity index (χ4n) is 2.98. The molecule has 1 aromatic carbocycles. The number of hydrogen-bond donors (Lipinski definition) is 2. The largest absolute Gasteiger partial charge is 0.396 e. The van der Waals surface area contributed by atoms with E-state index in [-0.39, 0.29) is 5.56 Å². The predicted octanol–water partition coefficient (Wildman–Crippen LogP) is 2.09. The third-order valence-electron chi connectivity index (χ3n) is 4.34. The lowest BCUT2D eigenvalue weighted by atomic mass is 10.1. The molecule has 8 nitrogen and oxygen atoms in total. The summed E-state index contributed by atoms with van der Waals surface area (Å²) in [6.07, 6.45) is 1.43. The van der Waals surface area contributed by atoms with Gasteiger partial charge in [-0.05, 0) is 24.6 Å².